The monoisotopic (exact) mass is 609 g/mol. The molecule has 45 heavy (non-hydrogen) atoms. The van der Waals surface area contributed by atoms with Crippen LogP contribution in [0.25, 0.3) is 11.1 Å². The van der Waals surface area contributed by atoms with Gasteiger partial charge in [0, 0.05) is 37.0 Å². The number of aromatic nitrogens is 2. The van der Waals surface area contributed by atoms with Gasteiger partial charge in [-0.3, -0.25) is 9.48 Å². The molecule has 9 heteroatoms. The number of carbonyl (C=O) groups excluding carboxylic acids is 2. The molecule has 0 radical (unpaired) electrons. The number of hydrogen-bond acceptors (Lipinski definition) is 6. The molecule has 1 aromatic heterocycles. The van der Waals surface area contributed by atoms with Gasteiger partial charge < -0.3 is 19.7 Å². The molecule has 3 aliphatic rings. The van der Waals surface area contributed by atoms with Crippen LogP contribution in [0.15, 0.2) is 54.9 Å². The Bertz CT molecular complexity index is 1540. The molecule has 3 fully saturated rings. The van der Waals surface area contributed by atoms with E-state index in [1.54, 1.807) is 14.2 Å². The molecule has 0 unspecified atom stereocenters. The number of carbonyl (C=O) groups is 2. The van der Waals surface area contributed by atoms with Crippen LogP contribution in [0.2, 0.25) is 0 Å². The van der Waals surface area contributed by atoms with Crippen molar-refractivity contribution in [3.05, 3.63) is 66.0 Å². The second kappa shape index (κ2) is 13.8. The van der Waals surface area contributed by atoms with Gasteiger partial charge in [0.05, 0.1) is 24.9 Å². The molecule has 1 N–H and O–H groups in total. The molecule has 6 rings (SSSR count). The maximum absolute atomic E-state index is 14.3. The van der Waals surface area contributed by atoms with Crippen LogP contribution in [-0.2, 0) is 9.53 Å². The maximum Gasteiger partial charge on any atom is 0.407 e. The van der Waals surface area contributed by atoms with Crippen LogP contribution in [0.4, 0.5) is 10.5 Å². The summed E-state index contributed by atoms with van der Waals surface area (Å²) < 4.78 is 12.9. The Morgan fingerprint density at radius 1 is 1.00 bits per heavy atom. The summed E-state index contributed by atoms with van der Waals surface area (Å²) in [6, 6.07) is 17.1. The quantitative estimate of drug-likeness (QED) is 0.280. The van der Waals surface area contributed by atoms with Crippen LogP contribution >= 0.6 is 0 Å². The van der Waals surface area contributed by atoms with E-state index < -0.39 is 6.09 Å². The first-order valence-electron chi connectivity index (χ1n) is 16.4. The lowest BCUT2D eigenvalue weighted by molar-refractivity contribution is -0.124. The van der Waals surface area contributed by atoms with Crippen LogP contribution in [0.1, 0.15) is 87.3 Å². The number of rotatable bonds is 9. The fraction of sp³-hybridized carbons (Fsp3) is 0.500. The van der Waals surface area contributed by atoms with Gasteiger partial charge in [-0.15, -0.1) is 0 Å². The second-order valence-corrected chi connectivity index (χ2v) is 12.9. The smallest absolute Gasteiger partial charge is 0.407 e. The first-order valence-corrected chi connectivity index (χ1v) is 16.4. The lowest BCUT2D eigenvalue weighted by Crippen LogP contribution is -2.42. The summed E-state index contributed by atoms with van der Waals surface area (Å²) in [6.07, 6.45) is 12.7. The van der Waals surface area contributed by atoms with Crippen molar-refractivity contribution in [1.29, 1.82) is 5.26 Å². The van der Waals surface area contributed by atoms with Gasteiger partial charge in [0.25, 0.3) is 0 Å². The van der Waals surface area contributed by atoms with Crippen LogP contribution in [0.5, 0.6) is 5.75 Å². The highest BCUT2D eigenvalue weighted by Gasteiger charge is 2.34. The fourth-order valence-electron chi connectivity index (χ4n) is 7.06. The van der Waals surface area contributed by atoms with Gasteiger partial charge in [0.2, 0.25) is 5.91 Å². The van der Waals surface area contributed by atoms with E-state index in [4.69, 9.17) is 9.47 Å². The Morgan fingerprint density at radius 2 is 1.78 bits per heavy atom. The molecule has 236 valence electrons. The number of alkyl carbamates (subject to hydrolysis) is 1. The Labute approximate surface area is 265 Å². The van der Waals surface area contributed by atoms with Crippen LogP contribution in [0.3, 0.4) is 0 Å². The number of nitrogens with one attached hydrogen (secondary N) is 1. The van der Waals surface area contributed by atoms with Gasteiger partial charge in [-0.1, -0.05) is 18.2 Å². The number of nitrogens with zero attached hydrogens (tertiary/aromatic N) is 4. The van der Waals surface area contributed by atoms with Crippen molar-refractivity contribution in [2.45, 2.75) is 82.3 Å². The molecule has 0 saturated heterocycles. The first-order chi connectivity index (χ1) is 21.9. The zero-order valence-electron chi connectivity index (χ0n) is 26.3. The van der Waals surface area contributed by atoms with Crippen molar-refractivity contribution < 1.29 is 19.1 Å². The van der Waals surface area contributed by atoms with E-state index in [1.165, 1.54) is 18.4 Å². The Morgan fingerprint density at radius 3 is 2.47 bits per heavy atom. The molecule has 0 aliphatic heterocycles. The van der Waals surface area contributed by atoms with Crippen molar-refractivity contribution >= 4 is 17.7 Å². The molecule has 0 spiro atoms. The van der Waals surface area contributed by atoms with Gasteiger partial charge in [-0.2, -0.15) is 10.4 Å². The average Bonchev–Trinajstić information content (AvgIpc) is 3.82. The van der Waals surface area contributed by atoms with Crippen LogP contribution in [0, 0.1) is 23.2 Å². The van der Waals surface area contributed by atoms with E-state index in [1.807, 2.05) is 29.3 Å². The van der Waals surface area contributed by atoms with E-state index >= 15 is 0 Å². The average molecular weight is 610 g/mol. The highest BCUT2D eigenvalue weighted by molar-refractivity contribution is 5.95. The SMILES string of the molecule is CNC(=O)OC1CCC(C(=O)N(CC2CCC(c3ccc(OC)c(C#N)c3)CC2)c2cccc(-c3cnn(C4CC4)c3)c2)CC1. The summed E-state index contributed by atoms with van der Waals surface area (Å²) in [5.41, 5.74) is 4.83. The molecule has 2 amide bonds. The Balaban J connectivity index is 1.18. The predicted octanol–water partition coefficient (Wildman–Crippen LogP) is 6.99. The number of benzene rings is 2. The number of ether oxygens (including phenoxy) is 2. The van der Waals surface area contributed by atoms with Crippen molar-refractivity contribution in [2.24, 2.45) is 11.8 Å². The minimum Gasteiger partial charge on any atom is -0.495 e. The minimum atomic E-state index is -0.415. The zero-order chi connectivity index (χ0) is 31.3. The van der Waals surface area contributed by atoms with E-state index in [2.05, 4.69) is 51.6 Å². The third-order valence-corrected chi connectivity index (χ3v) is 9.88. The fourth-order valence-corrected chi connectivity index (χ4v) is 7.06. The van der Waals surface area contributed by atoms with Crippen molar-refractivity contribution in [2.75, 3.05) is 25.6 Å². The summed E-state index contributed by atoms with van der Waals surface area (Å²) >= 11 is 0. The lowest BCUT2D eigenvalue weighted by Gasteiger charge is -2.36. The minimum absolute atomic E-state index is 0.101. The number of methoxy groups -OCH3 is 1. The molecule has 3 aromatic rings. The summed E-state index contributed by atoms with van der Waals surface area (Å²) in [5, 5.41) is 16.7. The molecule has 0 atom stereocenters. The van der Waals surface area contributed by atoms with E-state index in [0.717, 1.165) is 42.5 Å². The molecule has 1 heterocycles. The van der Waals surface area contributed by atoms with Gasteiger partial charge in [-0.05, 0) is 111 Å². The predicted molar refractivity (Wildman–Crippen MR) is 172 cm³/mol. The van der Waals surface area contributed by atoms with Gasteiger partial charge >= 0.3 is 6.09 Å². The van der Waals surface area contributed by atoms with E-state index in [9.17, 15) is 14.9 Å². The van der Waals surface area contributed by atoms with E-state index in [0.29, 0.717) is 61.4 Å². The zero-order valence-corrected chi connectivity index (χ0v) is 26.3. The number of amides is 2. The molecule has 3 saturated carbocycles. The van der Waals surface area contributed by atoms with Crippen LogP contribution in [-0.4, -0.2) is 48.6 Å². The van der Waals surface area contributed by atoms with Gasteiger partial charge in [0.1, 0.15) is 17.9 Å². The van der Waals surface area contributed by atoms with Crippen molar-refractivity contribution in [1.82, 2.24) is 15.1 Å². The summed E-state index contributed by atoms with van der Waals surface area (Å²) in [5.74, 6) is 1.45. The van der Waals surface area contributed by atoms with Crippen molar-refractivity contribution in [3.8, 4) is 22.9 Å². The van der Waals surface area contributed by atoms with Gasteiger partial charge in [0.15, 0.2) is 0 Å². The maximum atomic E-state index is 14.3. The number of nitriles is 1. The highest BCUT2D eigenvalue weighted by Crippen LogP contribution is 2.40. The van der Waals surface area contributed by atoms with Gasteiger partial charge in [-0.25, -0.2) is 4.79 Å². The Hall–Kier alpha value is -4.32. The molecular formula is C36H43N5O4. The molecule has 0 bridgehead atoms. The second-order valence-electron chi connectivity index (χ2n) is 12.9. The summed E-state index contributed by atoms with van der Waals surface area (Å²) in [4.78, 5) is 28.0. The Kier molecular flexibility index (Phi) is 9.39. The normalized spacial score (nSPS) is 23.0. The van der Waals surface area contributed by atoms with Crippen LogP contribution < -0.4 is 15.0 Å². The first kappa shape index (κ1) is 30.7. The summed E-state index contributed by atoms with van der Waals surface area (Å²) in [7, 11) is 3.16. The molecule has 9 nitrogen and oxygen atoms in total. The molecule has 3 aliphatic carbocycles. The molecule has 2 aromatic carbocycles. The standard InChI is InChI=1S/C36H43N5O4/c1-38-36(43)45-33-15-10-26(11-16-33)35(42)40(32-5-3-4-27(19-32)30-21-39-41(23-30)31-13-14-31)22-24-6-8-25(9-7-24)28-12-17-34(44-2)29(18-28)20-37/h3-5,12,17-19,21,23-26,31,33H,6-11,13-16,22H2,1-2H3,(H,38,43). The third kappa shape index (κ3) is 7.16. The largest absolute Gasteiger partial charge is 0.495 e. The third-order valence-electron chi connectivity index (χ3n) is 9.88. The topological polar surface area (TPSA) is 109 Å². The number of hydrogen-bond donors (Lipinski definition) is 1. The number of anilines is 1. The van der Waals surface area contributed by atoms with Crippen molar-refractivity contribution in [3.63, 3.8) is 0 Å². The summed E-state index contributed by atoms with van der Waals surface area (Å²) in [6.45, 7) is 0.678. The van der Waals surface area contributed by atoms with E-state index in [-0.39, 0.29) is 17.9 Å². The lowest BCUT2D eigenvalue weighted by atomic mass is 9.78. The molecular weight excluding hydrogens is 566 g/mol. The highest BCUT2D eigenvalue weighted by atomic mass is 16.6.